The number of carbonyl (C=O) groups excluding carboxylic acids is 4. The summed E-state index contributed by atoms with van der Waals surface area (Å²) in [7, 11) is 3.19. The Morgan fingerprint density at radius 3 is 1.31 bits per heavy atom. The summed E-state index contributed by atoms with van der Waals surface area (Å²) in [6, 6.07) is 9.12. The Labute approximate surface area is 298 Å². The van der Waals surface area contributed by atoms with E-state index in [1.165, 1.54) is 33.6 Å². The highest BCUT2D eigenvalue weighted by atomic mass is 35.5. The maximum absolute atomic E-state index is 13.2. The predicted molar refractivity (Wildman–Crippen MR) is 184 cm³/mol. The molecule has 0 fully saturated rings. The van der Waals surface area contributed by atoms with Gasteiger partial charge in [-0.1, -0.05) is 72.1 Å². The zero-order valence-corrected chi connectivity index (χ0v) is 29.9. The summed E-state index contributed by atoms with van der Waals surface area (Å²) >= 11 is 24.4. The Bertz CT molecular complexity index is 1730. The van der Waals surface area contributed by atoms with E-state index in [0.29, 0.717) is 34.3 Å². The molecule has 0 saturated heterocycles. The molecule has 0 aliphatic heterocycles. The molecule has 0 atom stereocenters. The number of nitrogens with zero attached hydrogens (tertiary/aromatic N) is 4. The lowest BCUT2D eigenvalue weighted by molar-refractivity contribution is -0.136. The lowest BCUT2D eigenvalue weighted by atomic mass is 10.0. The number of aromatic nitrogens is 4. The summed E-state index contributed by atoms with van der Waals surface area (Å²) in [6.07, 6.45) is 4.79. The van der Waals surface area contributed by atoms with Gasteiger partial charge in [0.05, 0.1) is 21.4 Å². The molecule has 0 radical (unpaired) electrons. The highest BCUT2D eigenvalue weighted by Crippen LogP contribution is 2.31. The van der Waals surface area contributed by atoms with Gasteiger partial charge in [-0.2, -0.15) is 10.2 Å². The van der Waals surface area contributed by atoms with Crippen molar-refractivity contribution in [2.24, 2.45) is 14.1 Å². The largest absolute Gasteiger partial charge is 0.407 e. The molecular formula is C34H34Cl4N4O6. The second kappa shape index (κ2) is 16.6. The van der Waals surface area contributed by atoms with Gasteiger partial charge < -0.3 is 9.47 Å². The van der Waals surface area contributed by atoms with Crippen molar-refractivity contribution in [2.75, 3.05) is 0 Å². The first-order valence-electron chi connectivity index (χ1n) is 15.3. The van der Waals surface area contributed by atoms with Crippen LogP contribution in [0.4, 0.5) is 0 Å². The summed E-state index contributed by atoms with van der Waals surface area (Å²) in [5.41, 5.74) is 1.62. The van der Waals surface area contributed by atoms with Gasteiger partial charge in [-0.15, -0.1) is 0 Å². The molecule has 254 valence electrons. The molecule has 0 N–H and O–H groups in total. The van der Waals surface area contributed by atoms with Crippen LogP contribution >= 0.6 is 46.4 Å². The van der Waals surface area contributed by atoms with Crippen LogP contribution in [0.5, 0.6) is 11.8 Å². The average molecular weight is 736 g/mol. The number of halogens is 4. The Balaban J connectivity index is 1.19. The van der Waals surface area contributed by atoms with E-state index in [1.807, 2.05) is 0 Å². The fourth-order valence-corrected chi connectivity index (χ4v) is 6.20. The van der Waals surface area contributed by atoms with E-state index in [1.54, 1.807) is 40.1 Å². The minimum Gasteiger partial charge on any atom is -0.407 e. The van der Waals surface area contributed by atoms with Gasteiger partial charge in [0.1, 0.15) is 11.1 Å². The maximum Gasteiger partial charge on any atom is 0.312 e. The number of ether oxygens (including phenoxy) is 2. The van der Waals surface area contributed by atoms with Crippen molar-refractivity contribution in [1.29, 1.82) is 0 Å². The SMILES string of the molecule is Cc1nn(C)c(OC(=O)CCCCCCCCC(=O)Oc2c(C(=O)c3ccc(Cl)cc3Cl)c(C)nn2C)c1C(=O)c1ccc(Cl)cc1Cl. The van der Waals surface area contributed by atoms with E-state index in [-0.39, 0.29) is 56.9 Å². The van der Waals surface area contributed by atoms with Gasteiger partial charge >= 0.3 is 11.9 Å². The van der Waals surface area contributed by atoms with Crippen LogP contribution in [0, 0.1) is 13.8 Å². The van der Waals surface area contributed by atoms with Gasteiger partial charge in [0.2, 0.25) is 23.3 Å². The van der Waals surface area contributed by atoms with Gasteiger partial charge in [0.25, 0.3) is 0 Å². The maximum atomic E-state index is 13.2. The number of hydrogen-bond donors (Lipinski definition) is 0. The lowest BCUT2D eigenvalue weighted by Gasteiger charge is -2.09. The molecule has 0 bridgehead atoms. The Hall–Kier alpha value is -3.70. The van der Waals surface area contributed by atoms with Gasteiger partial charge in [-0.3, -0.25) is 19.2 Å². The van der Waals surface area contributed by atoms with E-state index < -0.39 is 23.5 Å². The molecular weight excluding hydrogens is 702 g/mol. The topological polar surface area (TPSA) is 122 Å². The van der Waals surface area contributed by atoms with E-state index in [0.717, 1.165) is 25.7 Å². The predicted octanol–water partition coefficient (Wildman–Crippen LogP) is 8.48. The van der Waals surface area contributed by atoms with E-state index in [4.69, 9.17) is 55.9 Å². The van der Waals surface area contributed by atoms with Crippen molar-refractivity contribution in [3.63, 3.8) is 0 Å². The molecule has 2 aromatic heterocycles. The smallest absolute Gasteiger partial charge is 0.312 e. The number of esters is 2. The van der Waals surface area contributed by atoms with Crippen LogP contribution in [0.3, 0.4) is 0 Å². The number of rotatable bonds is 15. The van der Waals surface area contributed by atoms with Crippen LogP contribution in [-0.2, 0) is 23.7 Å². The van der Waals surface area contributed by atoms with Gasteiger partial charge in [-0.25, -0.2) is 9.36 Å². The quantitative estimate of drug-likeness (QED) is 0.0677. The van der Waals surface area contributed by atoms with Crippen molar-refractivity contribution < 1.29 is 28.7 Å². The van der Waals surface area contributed by atoms with Gasteiger partial charge in [0.15, 0.2) is 0 Å². The Morgan fingerprint density at radius 2 is 0.958 bits per heavy atom. The van der Waals surface area contributed by atoms with E-state index in [2.05, 4.69) is 10.2 Å². The molecule has 2 heterocycles. The Morgan fingerprint density at radius 1 is 0.604 bits per heavy atom. The fraction of sp³-hybridized carbons (Fsp3) is 0.353. The van der Waals surface area contributed by atoms with Gasteiger partial charge in [0, 0.05) is 48.1 Å². The van der Waals surface area contributed by atoms with E-state index >= 15 is 0 Å². The van der Waals surface area contributed by atoms with Crippen LogP contribution < -0.4 is 9.47 Å². The van der Waals surface area contributed by atoms with Crippen molar-refractivity contribution in [1.82, 2.24) is 19.6 Å². The zero-order valence-electron chi connectivity index (χ0n) is 26.9. The minimum absolute atomic E-state index is 0.0620. The van der Waals surface area contributed by atoms with Gasteiger partial charge in [-0.05, 0) is 63.1 Å². The monoisotopic (exact) mass is 734 g/mol. The number of hydrogen-bond acceptors (Lipinski definition) is 8. The van der Waals surface area contributed by atoms with Crippen LogP contribution in [0.1, 0.15) is 94.6 Å². The first-order chi connectivity index (χ1) is 22.8. The number of carbonyl (C=O) groups is 4. The highest BCUT2D eigenvalue weighted by Gasteiger charge is 2.27. The number of unbranched alkanes of at least 4 members (excludes halogenated alkanes) is 5. The average Bonchev–Trinajstić information content (AvgIpc) is 3.45. The second-order valence-corrected chi connectivity index (χ2v) is 12.9. The molecule has 2 aromatic carbocycles. The number of aryl methyl sites for hydroxylation is 4. The minimum atomic E-state index is -0.474. The molecule has 0 saturated carbocycles. The number of ketones is 2. The summed E-state index contributed by atoms with van der Waals surface area (Å²) in [4.78, 5) is 51.8. The molecule has 48 heavy (non-hydrogen) atoms. The summed E-state index contributed by atoms with van der Waals surface area (Å²) < 4.78 is 13.9. The molecule has 0 spiro atoms. The molecule has 0 aliphatic rings. The molecule has 14 heteroatoms. The summed E-state index contributed by atoms with van der Waals surface area (Å²) in [6.45, 7) is 3.32. The van der Waals surface area contributed by atoms with Crippen LogP contribution in [-0.4, -0.2) is 43.1 Å². The van der Waals surface area contributed by atoms with Crippen molar-refractivity contribution in [3.8, 4) is 11.8 Å². The third-order valence-corrected chi connectivity index (χ3v) is 8.67. The van der Waals surface area contributed by atoms with Crippen LogP contribution in [0.15, 0.2) is 36.4 Å². The summed E-state index contributed by atoms with van der Waals surface area (Å²) in [5, 5.41) is 9.69. The normalized spacial score (nSPS) is 11.1. The first kappa shape index (κ1) is 37.1. The third kappa shape index (κ3) is 9.05. The second-order valence-electron chi connectivity index (χ2n) is 11.3. The van der Waals surface area contributed by atoms with Crippen molar-refractivity contribution in [3.05, 3.63) is 90.1 Å². The summed E-state index contributed by atoms with van der Waals surface area (Å²) in [5.74, 6) is -1.65. The zero-order chi connectivity index (χ0) is 35.1. The fourth-order valence-electron chi connectivity index (χ4n) is 5.21. The molecule has 0 amide bonds. The van der Waals surface area contributed by atoms with E-state index in [9.17, 15) is 19.2 Å². The van der Waals surface area contributed by atoms with Crippen molar-refractivity contribution in [2.45, 2.75) is 65.2 Å². The Kier molecular flexibility index (Phi) is 12.8. The molecule has 0 unspecified atom stereocenters. The molecule has 4 aromatic rings. The number of benzene rings is 2. The molecule has 4 rings (SSSR count). The molecule has 0 aliphatic carbocycles. The van der Waals surface area contributed by atoms with Crippen LogP contribution in [0.25, 0.3) is 0 Å². The lowest BCUT2D eigenvalue weighted by Crippen LogP contribution is -2.14. The molecule has 10 nitrogen and oxygen atoms in total. The van der Waals surface area contributed by atoms with Crippen LogP contribution in [0.2, 0.25) is 20.1 Å². The van der Waals surface area contributed by atoms with Crippen molar-refractivity contribution >= 4 is 69.9 Å². The first-order valence-corrected chi connectivity index (χ1v) is 16.8. The third-order valence-electron chi connectivity index (χ3n) is 7.58. The standard InChI is InChI=1S/C34H34Cl4N4O6/c1-19-29(31(45)23-15-13-21(35)17-25(23)37)33(41(3)39-19)47-27(43)11-9-7-5-6-8-10-12-28(44)48-34-30(20(2)40-42(34)4)32(46)24-16-14-22(36)18-26(24)38/h13-18H,5-12H2,1-4H3. The highest BCUT2D eigenvalue weighted by molar-refractivity contribution is 6.38.